The van der Waals surface area contributed by atoms with E-state index in [1.807, 2.05) is 31.2 Å². The van der Waals surface area contributed by atoms with E-state index < -0.39 is 0 Å². The minimum absolute atomic E-state index is 0.780. The van der Waals surface area contributed by atoms with Gasteiger partial charge in [0.2, 0.25) is 0 Å². The maximum absolute atomic E-state index is 10.3. The summed E-state index contributed by atoms with van der Waals surface area (Å²) in [6.45, 7) is 1.88. The van der Waals surface area contributed by atoms with Gasteiger partial charge in [0.15, 0.2) is 0 Å². The summed E-state index contributed by atoms with van der Waals surface area (Å²) in [6, 6.07) is 7.61. The maximum Gasteiger partial charge on any atom is 0.143 e. The fourth-order valence-electron chi connectivity index (χ4n) is 1.16. The van der Waals surface area contributed by atoms with Crippen LogP contribution in [-0.2, 0) is 4.79 Å². The predicted molar refractivity (Wildman–Crippen MR) is 52.7 cm³/mol. The molecule has 0 atom stereocenters. The summed E-state index contributed by atoms with van der Waals surface area (Å²) in [4.78, 5) is 10.3. The number of rotatable bonds is 3. The molecule has 0 fully saturated rings. The number of carbonyl (C=O) groups excluding carboxylic acids is 1. The van der Waals surface area contributed by atoms with E-state index in [-0.39, 0.29) is 0 Å². The zero-order chi connectivity index (χ0) is 9.68. The number of carbonyl (C=O) groups is 1. The van der Waals surface area contributed by atoms with Crippen molar-refractivity contribution in [2.75, 3.05) is 7.11 Å². The normalized spacial score (nSPS) is 11.1. The van der Waals surface area contributed by atoms with Gasteiger partial charge in [-0.15, -0.1) is 0 Å². The Labute approximate surface area is 77.8 Å². The lowest BCUT2D eigenvalue weighted by molar-refractivity contribution is -0.104. The molecule has 0 aliphatic heterocycles. The van der Waals surface area contributed by atoms with Crippen molar-refractivity contribution in [3.63, 3.8) is 0 Å². The lowest BCUT2D eigenvalue weighted by Gasteiger charge is -2.06. The van der Waals surface area contributed by atoms with E-state index in [1.54, 1.807) is 7.11 Å². The van der Waals surface area contributed by atoms with Crippen molar-refractivity contribution in [3.05, 3.63) is 35.9 Å². The van der Waals surface area contributed by atoms with E-state index >= 15 is 0 Å². The van der Waals surface area contributed by atoms with Gasteiger partial charge in [-0.2, -0.15) is 0 Å². The van der Waals surface area contributed by atoms with Gasteiger partial charge in [0, 0.05) is 5.56 Å². The fraction of sp³-hybridized carbons (Fsp3) is 0.182. The Kier molecular flexibility index (Phi) is 3.26. The Morgan fingerprint density at radius 2 is 2.08 bits per heavy atom. The van der Waals surface area contributed by atoms with Gasteiger partial charge in [0.25, 0.3) is 0 Å². The van der Waals surface area contributed by atoms with E-state index in [1.165, 1.54) is 6.08 Å². The van der Waals surface area contributed by atoms with Gasteiger partial charge in [-0.25, -0.2) is 0 Å². The molecule has 0 saturated carbocycles. The van der Waals surface area contributed by atoms with Crippen LogP contribution in [0.5, 0.6) is 5.75 Å². The molecule has 0 aromatic heterocycles. The zero-order valence-electron chi connectivity index (χ0n) is 7.78. The summed E-state index contributed by atoms with van der Waals surface area (Å²) >= 11 is 0. The van der Waals surface area contributed by atoms with E-state index in [9.17, 15) is 4.79 Å². The summed E-state index contributed by atoms with van der Waals surface area (Å²) in [5.41, 5.74) is 1.87. The molecule has 0 spiro atoms. The zero-order valence-corrected chi connectivity index (χ0v) is 7.78. The van der Waals surface area contributed by atoms with Crippen LogP contribution in [0.1, 0.15) is 12.5 Å². The molecule has 1 rings (SSSR count). The number of ether oxygens (including phenoxy) is 1. The standard InChI is InChI=1S/C11H12O2/c1-9(7-8-12)10-5-3-4-6-11(10)13-2/h3-8H,1-2H3/b9-7+. The molecule has 2 heteroatoms. The third kappa shape index (κ3) is 2.18. The Morgan fingerprint density at radius 3 is 2.69 bits per heavy atom. The second kappa shape index (κ2) is 4.45. The fourth-order valence-corrected chi connectivity index (χ4v) is 1.16. The van der Waals surface area contributed by atoms with Crippen LogP contribution < -0.4 is 4.74 Å². The number of para-hydroxylation sites is 1. The topological polar surface area (TPSA) is 26.3 Å². The Bertz CT molecular complexity index is 327. The molecule has 0 aliphatic carbocycles. The highest BCUT2D eigenvalue weighted by Crippen LogP contribution is 2.24. The van der Waals surface area contributed by atoms with Crippen LogP contribution in [0, 0.1) is 0 Å². The van der Waals surface area contributed by atoms with Gasteiger partial charge in [-0.05, 0) is 24.6 Å². The van der Waals surface area contributed by atoms with Crippen molar-refractivity contribution in [1.29, 1.82) is 0 Å². The molecule has 0 saturated heterocycles. The summed E-state index contributed by atoms with van der Waals surface area (Å²) in [5.74, 6) is 0.790. The third-order valence-electron chi connectivity index (χ3n) is 1.85. The Morgan fingerprint density at radius 1 is 1.38 bits per heavy atom. The molecular formula is C11H12O2. The SMILES string of the molecule is COc1ccccc1/C(C)=C/C=O. The minimum atomic E-state index is 0.780. The van der Waals surface area contributed by atoms with Crippen LogP contribution in [0.3, 0.4) is 0 Å². The van der Waals surface area contributed by atoms with Crippen LogP contribution >= 0.6 is 0 Å². The lowest BCUT2D eigenvalue weighted by atomic mass is 10.1. The van der Waals surface area contributed by atoms with Crippen LogP contribution in [0.4, 0.5) is 0 Å². The first-order valence-corrected chi connectivity index (χ1v) is 4.05. The van der Waals surface area contributed by atoms with Gasteiger partial charge in [-0.3, -0.25) is 4.79 Å². The Balaban J connectivity index is 3.12. The van der Waals surface area contributed by atoms with Crippen molar-refractivity contribution in [2.45, 2.75) is 6.92 Å². The van der Waals surface area contributed by atoms with Gasteiger partial charge < -0.3 is 4.74 Å². The molecular weight excluding hydrogens is 164 g/mol. The molecule has 0 aliphatic rings. The van der Waals surface area contributed by atoms with Gasteiger partial charge in [0.1, 0.15) is 12.0 Å². The van der Waals surface area contributed by atoms with Crippen LogP contribution in [0.2, 0.25) is 0 Å². The highest BCUT2D eigenvalue weighted by molar-refractivity contribution is 5.82. The van der Waals surface area contributed by atoms with Crippen molar-refractivity contribution in [1.82, 2.24) is 0 Å². The lowest BCUT2D eigenvalue weighted by Crippen LogP contribution is -1.89. The van der Waals surface area contributed by atoms with Crippen LogP contribution in [0.25, 0.3) is 5.57 Å². The van der Waals surface area contributed by atoms with E-state index in [0.29, 0.717) is 0 Å². The largest absolute Gasteiger partial charge is 0.496 e. The summed E-state index contributed by atoms with van der Waals surface area (Å²) in [5, 5.41) is 0. The molecule has 13 heavy (non-hydrogen) atoms. The van der Waals surface area contributed by atoms with Gasteiger partial charge >= 0.3 is 0 Å². The van der Waals surface area contributed by atoms with Crippen LogP contribution in [-0.4, -0.2) is 13.4 Å². The molecule has 2 nitrogen and oxygen atoms in total. The average molecular weight is 176 g/mol. The first-order valence-electron chi connectivity index (χ1n) is 4.05. The summed E-state index contributed by atoms with van der Waals surface area (Å²) in [6.07, 6.45) is 2.31. The summed E-state index contributed by atoms with van der Waals surface area (Å²) in [7, 11) is 1.62. The quantitative estimate of drug-likeness (QED) is 0.521. The second-order valence-electron chi connectivity index (χ2n) is 2.69. The monoisotopic (exact) mass is 176 g/mol. The minimum Gasteiger partial charge on any atom is -0.496 e. The van der Waals surface area contributed by atoms with Crippen molar-refractivity contribution < 1.29 is 9.53 Å². The smallest absolute Gasteiger partial charge is 0.143 e. The van der Waals surface area contributed by atoms with E-state index in [4.69, 9.17) is 4.74 Å². The van der Waals surface area contributed by atoms with Gasteiger partial charge in [0.05, 0.1) is 7.11 Å². The first-order chi connectivity index (χ1) is 6.29. The molecule has 0 heterocycles. The number of allylic oxidation sites excluding steroid dienone is 2. The van der Waals surface area contributed by atoms with Crippen molar-refractivity contribution >= 4 is 11.9 Å². The van der Waals surface area contributed by atoms with Crippen LogP contribution in [0.15, 0.2) is 30.3 Å². The Hall–Kier alpha value is -1.57. The molecule has 68 valence electrons. The van der Waals surface area contributed by atoms with Crippen molar-refractivity contribution in [2.24, 2.45) is 0 Å². The molecule has 0 unspecified atom stereocenters. The number of hydrogen-bond donors (Lipinski definition) is 0. The molecule has 1 aromatic carbocycles. The second-order valence-corrected chi connectivity index (χ2v) is 2.69. The molecule has 1 aromatic rings. The van der Waals surface area contributed by atoms with E-state index in [0.717, 1.165) is 23.2 Å². The highest BCUT2D eigenvalue weighted by atomic mass is 16.5. The van der Waals surface area contributed by atoms with E-state index in [2.05, 4.69) is 0 Å². The molecule has 0 amide bonds. The maximum atomic E-state index is 10.3. The number of benzene rings is 1. The molecule has 0 radical (unpaired) electrons. The molecule has 0 bridgehead atoms. The third-order valence-corrected chi connectivity index (χ3v) is 1.85. The predicted octanol–water partition coefficient (Wildman–Crippen LogP) is 2.30. The number of hydrogen-bond acceptors (Lipinski definition) is 2. The average Bonchev–Trinajstić information content (AvgIpc) is 2.18. The highest BCUT2D eigenvalue weighted by Gasteiger charge is 2.01. The number of methoxy groups -OCH3 is 1. The van der Waals surface area contributed by atoms with Crippen molar-refractivity contribution in [3.8, 4) is 5.75 Å². The molecule has 0 N–H and O–H groups in total. The summed E-state index contributed by atoms with van der Waals surface area (Å²) < 4.78 is 5.16. The van der Waals surface area contributed by atoms with Gasteiger partial charge in [-0.1, -0.05) is 18.2 Å². The first kappa shape index (κ1) is 9.52. The number of aldehydes is 1.